The summed E-state index contributed by atoms with van der Waals surface area (Å²) in [7, 11) is 0. The summed E-state index contributed by atoms with van der Waals surface area (Å²) >= 11 is 5.17. The van der Waals surface area contributed by atoms with Gasteiger partial charge in [0.25, 0.3) is 0 Å². The zero-order valence-corrected chi connectivity index (χ0v) is 12.5. The van der Waals surface area contributed by atoms with Crippen molar-refractivity contribution in [1.82, 2.24) is 4.98 Å². The van der Waals surface area contributed by atoms with Crippen LogP contribution in [-0.4, -0.2) is 16.7 Å². The third-order valence-electron chi connectivity index (χ3n) is 3.63. The molecule has 1 heterocycles. The highest BCUT2D eigenvalue weighted by Gasteiger charge is 2.45. The highest BCUT2D eigenvalue weighted by Crippen LogP contribution is 2.48. The number of rotatable bonds is 3. The van der Waals surface area contributed by atoms with Gasteiger partial charge in [0, 0.05) is 20.8 Å². The summed E-state index contributed by atoms with van der Waals surface area (Å²) in [6, 6.07) is 6.25. The van der Waals surface area contributed by atoms with Crippen LogP contribution >= 0.6 is 27.3 Å². The second kappa shape index (κ2) is 4.44. The minimum atomic E-state index is -0.0331. The Kier molecular flexibility index (Phi) is 3.04. The van der Waals surface area contributed by atoms with Gasteiger partial charge in [0.1, 0.15) is 5.01 Å². The molecule has 1 aromatic carbocycles. The van der Waals surface area contributed by atoms with Gasteiger partial charge in [-0.25, -0.2) is 4.98 Å². The predicted molar refractivity (Wildman–Crippen MR) is 78.0 cm³/mol. The molecule has 0 aliphatic heterocycles. The van der Waals surface area contributed by atoms with Crippen molar-refractivity contribution >= 4 is 27.3 Å². The van der Waals surface area contributed by atoms with Crippen LogP contribution in [0, 0.1) is 6.92 Å². The van der Waals surface area contributed by atoms with E-state index >= 15 is 0 Å². The van der Waals surface area contributed by atoms with Gasteiger partial charge in [-0.3, -0.25) is 0 Å². The van der Waals surface area contributed by atoms with Crippen LogP contribution in [0.25, 0.3) is 10.6 Å². The summed E-state index contributed by atoms with van der Waals surface area (Å²) in [5.41, 5.74) is 3.43. The van der Waals surface area contributed by atoms with Gasteiger partial charge < -0.3 is 5.11 Å². The molecule has 0 bridgehead atoms. The van der Waals surface area contributed by atoms with Crippen molar-refractivity contribution in [3.8, 4) is 10.6 Å². The van der Waals surface area contributed by atoms with Crippen LogP contribution in [-0.2, 0) is 5.41 Å². The fourth-order valence-electron chi connectivity index (χ4n) is 2.11. The number of benzene rings is 1. The van der Waals surface area contributed by atoms with Gasteiger partial charge in [-0.1, -0.05) is 22.0 Å². The maximum Gasteiger partial charge on any atom is 0.123 e. The summed E-state index contributed by atoms with van der Waals surface area (Å²) < 4.78 is 1.07. The Morgan fingerprint density at radius 1 is 1.44 bits per heavy atom. The lowest BCUT2D eigenvalue weighted by Crippen LogP contribution is -2.12. The fourth-order valence-corrected chi connectivity index (χ4v) is 3.50. The smallest absolute Gasteiger partial charge is 0.123 e. The van der Waals surface area contributed by atoms with Crippen molar-refractivity contribution in [2.24, 2.45) is 0 Å². The number of thiazole rings is 1. The van der Waals surface area contributed by atoms with Gasteiger partial charge in [-0.15, -0.1) is 11.3 Å². The molecule has 4 heteroatoms. The fraction of sp³-hybridized carbons (Fsp3) is 0.357. The molecule has 0 atom stereocenters. The Morgan fingerprint density at radius 3 is 2.89 bits per heavy atom. The van der Waals surface area contributed by atoms with E-state index in [1.165, 1.54) is 11.1 Å². The minimum absolute atomic E-state index is 0.0331. The second-order valence-electron chi connectivity index (χ2n) is 4.94. The van der Waals surface area contributed by atoms with Crippen LogP contribution in [0.3, 0.4) is 0 Å². The van der Waals surface area contributed by atoms with Crippen molar-refractivity contribution in [3.05, 3.63) is 39.3 Å². The number of aromatic nitrogens is 1. The molecule has 0 spiro atoms. The second-order valence-corrected chi connectivity index (χ2v) is 6.71. The molecule has 0 saturated heterocycles. The predicted octanol–water partition coefficient (Wildman–Crippen LogP) is 3.90. The zero-order valence-electron chi connectivity index (χ0n) is 10.1. The van der Waals surface area contributed by atoms with Crippen molar-refractivity contribution in [2.45, 2.75) is 25.2 Å². The lowest BCUT2D eigenvalue weighted by atomic mass is 10.1. The molecule has 2 aromatic rings. The van der Waals surface area contributed by atoms with E-state index in [0.29, 0.717) is 0 Å². The molecule has 1 aromatic heterocycles. The van der Waals surface area contributed by atoms with Crippen molar-refractivity contribution in [1.29, 1.82) is 0 Å². The summed E-state index contributed by atoms with van der Waals surface area (Å²) in [6.45, 7) is 2.31. The summed E-state index contributed by atoms with van der Waals surface area (Å²) in [5, 5.41) is 12.6. The standard InChI is InChI=1S/C14H14BrNOS/c1-9-2-3-10(15)6-11(9)13-16-12(7-18-13)14(8-17)4-5-14/h2-3,6-7,17H,4-5,8H2,1H3. The van der Waals surface area contributed by atoms with Gasteiger partial charge in [0.05, 0.1) is 12.3 Å². The lowest BCUT2D eigenvalue weighted by molar-refractivity contribution is 0.253. The molecule has 1 saturated carbocycles. The Hall–Kier alpha value is -0.710. The molecule has 1 aliphatic rings. The van der Waals surface area contributed by atoms with Gasteiger partial charge >= 0.3 is 0 Å². The molecule has 0 amide bonds. The van der Waals surface area contributed by atoms with Crippen LogP contribution in [0.4, 0.5) is 0 Å². The number of nitrogens with zero attached hydrogens (tertiary/aromatic N) is 1. The number of halogens is 1. The molecule has 2 nitrogen and oxygen atoms in total. The lowest BCUT2D eigenvalue weighted by Gasteiger charge is -2.07. The quantitative estimate of drug-likeness (QED) is 0.929. The minimum Gasteiger partial charge on any atom is -0.395 e. The molecule has 1 aliphatic carbocycles. The van der Waals surface area contributed by atoms with Crippen LogP contribution in [0.15, 0.2) is 28.1 Å². The van der Waals surface area contributed by atoms with E-state index in [0.717, 1.165) is 28.0 Å². The normalized spacial score (nSPS) is 16.8. The van der Waals surface area contributed by atoms with Gasteiger partial charge in [-0.05, 0) is 37.5 Å². The first kappa shape index (κ1) is 12.3. The van der Waals surface area contributed by atoms with E-state index in [9.17, 15) is 5.11 Å². The van der Waals surface area contributed by atoms with Crippen LogP contribution in [0.1, 0.15) is 24.1 Å². The van der Waals surface area contributed by atoms with E-state index < -0.39 is 0 Å². The molecule has 1 N–H and O–H groups in total. The van der Waals surface area contributed by atoms with E-state index in [4.69, 9.17) is 4.98 Å². The third-order valence-corrected chi connectivity index (χ3v) is 5.00. The number of aliphatic hydroxyl groups is 1. The van der Waals surface area contributed by atoms with E-state index in [2.05, 4.69) is 40.4 Å². The molecular formula is C14H14BrNOS. The van der Waals surface area contributed by atoms with Crippen molar-refractivity contribution in [2.75, 3.05) is 6.61 Å². The first-order chi connectivity index (χ1) is 8.64. The molecule has 94 valence electrons. The van der Waals surface area contributed by atoms with Gasteiger partial charge in [0.2, 0.25) is 0 Å². The van der Waals surface area contributed by atoms with E-state index in [1.54, 1.807) is 11.3 Å². The van der Waals surface area contributed by atoms with Gasteiger partial charge in [-0.2, -0.15) is 0 Å². The average molecular weight is 324 g/mol. The average Bonchev–Trinajstić information content (AvgIpc) is 3.02. The first-order valence-corrected chi connectivity index (χ1v) is 7.65. The Bertz CT molecular complexity index is 589. The Morgan fingerprint density at radius 2 is 2.22 bits per heavy atom. The third kappa shape index (κ3) is 2.02. The molecule has 0 radical (unpaired) electrons. The van der Waals surface area contributed by atoms with E-state index in [1.807, 2.05) is 6.07 Å². The first-order valence-electron chi connectivity index (χ1n) is 5.98. The molecular weight excluding hydrogens is 310 g/mol. The molecule has 0 unspecified atom stereocenters. The summed E-state index contributed by atoms with van der Waals surface area (Å²) in [6.07, 6.45) is 2.12. The summed E-state index contributed by atoms with van der Waals surface area (Å²) in [5.74, 6) is 0. The van der Waals surface area contributed by atoms with Crippen LogP contribution in [0.2, 0.25) is 0 Å². The molecule has 1 fully saturated rings. The Labute approximate surface area is 119 Å². The maximum absolute atomic E-state index is 9.45. The van der Waals surface area contributed by atoms with Crippen LogP contribution in [0.5, 0.6) is 0 Å². The molecule has 3 rings (SSSR count). The van der Waals surface area contributed by atoms with Crippen LogP contribution < -0.4 is 0 Å². The van der Waals surface area contributed by atoms with E-state index in [-0.39, 0.29) is 12.0 Å². The number of aliphatic hydroxyl groups excluding tert-OH is 1. The monoisotopic (exact) mass is 323 g/mol. The number of hydrogen-bond donors (Lipinski definition) is 1. The highest BCUT2D eigenvalue weighted by molar-refractivity contribution is 9.10. The largest absolute Gasteiger partial charge is 0.395 e. The summed E-state index contributed by atoms with van der Waals surface area (Å²) in [4.78, 5) is 4.73. The van der Waals surface area contributed by atoms with Gasteiger partial charge in [0.15, 0.2) is 0 Å². The SMILES string of the molecule is Cc1ccc(Br)cc1-c1nc(C2(CO)CC2)cs1. The topological polar surface area (TPSA) is 33.1 Å². The van der Waals surface area contributed by atoms with Crippen molar-refractivity contribution in [3.63, 3.8) is 0 Å². The zero-order chi connectivity index (χ0) is 12.8. The molecule has 18 heavy (non-hydrogen) atoms. The highest BCUT2D eigenvalue weighted by atomic mass is 79.9. The van der Waals surface area contributed by atoms with Crippen molar-refractivity contribution < 1.29 is 5.11 Å². The Balaban J connectivity index is 2.00. The maximum atomic E-state index is 9.45. The number of aryl methyl sites for hydroxylation is 1. The number of hydrogen-bond acceptors (Lipinski definition) is 3.